The second kappa shape index (κ2) is 10.8. The molecule has 5 heteroatoms. The van der Waals surface area contributed by atoms with Gasteiger partial charge in [-0.2, -0.15) is 5.10 Å². The van der Waals surface area contributed by atoms with Crippen LogP contribution >= 0.6 is 0 Å². The summed E-state index contributed by atoms with van der Waals surface area (Å²) in [6.45, 7) is 13.3. The van der Waals surface area contributed by atoms with Gasteiger partial charge in [0.15, 0.2) is 0 Å². The lowest BCUT2D eigenvalue weighted by atomic mass is 10.1. The molecule has 0 rings (SSSR count). The molecule has 1 N–H and O–H groups in total. The van der Waals surface area contributed by atoms with E-state index < -0.39 is 5.97 Å². The molecule has 0 radical (unpaired) electrons. The van der Waals surface area contributed by atoms with Crippen LogP contribution in [0.15, 0.2) is 54.3 Å². The van der Waals surface area contributed by atoms with Gasteiger partial charge in [-0.1, -0.05) is 38.0 Å². The van der Waals surface area contributed by atoms with E-state index in [9.17, 15) is 4.79 Å². The summed E-state index contributed by atoms with van der Waals surface area (Å²) in [5.41, 5.74) is 4.00. The Hall–Kier alpha value is -2.14. The van der Waals surface area contributed by atoms with Crippen molar-refractivity contribution in [1.82, 2.24) is 5.43 Å². The van der Waals surface area contributed by atoms with Crippen LogP contribution in [-0.4, -0.2) is 32.0 Å². The first-order chi connectivity index (χ1) is 9.56. The van der Waals surface area contributed by atoms with Crippen LogP contribution in [0, 0.1) is 0 Å². The van der Waals surface area contributed by atoms with E-state index in [2.05, 4.69) is 30.3 Å². The smallest absolute Gasteiger partial charge is 0.355 e. The van der Waals surface area contributed by atoms with Crippen LogP contribution in [0.2, 0.25) is 0 Å². The second-order valence-electron chi connectivity index (χ2n) is 3.77. The molecule has 0 bridgehead atoms. The van der Waals surface area contributed by atoms with E-state index in [0.29, 0.717) is 12.1 Å². The zero-order chi connectivity index (χ0) is 15.4. The number of ether oxygens (including phenoxy) is 2. The predicted molar refractivity (Wildman–Crippen MR) is 81.3 cm³/mol. The number of esters is 1. The van der Waals surface area contributed by atoms with Crippen LogP contribution in [0.5, 0.6) is 0 Å². The van der Waals surface area contributed by atoms with Crippen molar-refractivity contribution in [3.8, 4) is 0 Å². The molecule has 0 aromatic rings. The Bertz CT molecular complexity index is 423. The maximum absolute atomic E-state index is 11.4. The second-order valence-corrected chi connectivity index (χ2v) is 3.77. The summed E-state index contributed by atoms with van der Waals surface area (Å²) in [5.74, 6) is -0.537. The highest BCUT2D eigenvalue weighted by atomic mass is 16.5. The minimum absolute atomic E-state index is 0.0647. The van der Waals surface area contributed by atoms with Gasteiger partial charge in [0.05, 0.1) is 18.9 Å². The summed E-state index contributed by atoms with van der Waals surface area (Å²) in [5, 5.41) is 4.08. The molecule has 0 amide bonds. The highest BCUT2D eigenvalue weighted by Crippen LogP contribution is 2.04. The molecule has 20 heavy (non-hydrogen) atoms. The first-order valence-corrected chi connectivity index (χ1v) is 6.20. The predicted octanol–water partition coefficient (Wildman–Crippen LogP) is 2.34. The molecular weight excluding hydrogens is 256 g/mol. The lowest BCUT2D eigenvalue weighted by molar-refractivity contribution is -0.138. The number of hydrogen-bond acceptors (Lipinski definition) is 5. The van der Waals surface area contributed by atoms with Gasteiger partial charge in [0.25, 0.3) is 0 Å². The van der Waals surface area contributed by atoms with Gasteiger partial charge in [0, 0.05) is 7.11 Å². The quantitative estimate of drug-likeness (QED) is 0.219. The maximum Gasteiger partial charge on any atom is 0.355 e. The molecule has 0 atom stereocenters. The number of nitrogens with one attached hydrogen (secondary N) is 1. The Morgan fingerprint density at radius 2 is 2.10 bits per heavy atom. The maximum atomic E-state index is 11.4. The monoisotopic (exact) mass is 278 g/mol. The van der Waals surface area contributed by atoms with Gasteiger partial charge < -0.3 is 9.47 Å². The van der Waals surface area contributed by atoms with E-state index in [0.717, 1.165) is 5.57 Å². The highest BCUT2D eigenvalue weighted by Gasteiger charge is 2.08. The van der Waals surface area contributed by atoms with Gasteiger partial charge in [-0.25, -0.2) is 4.79 Å². The van der Waals surface area contributed by atoms with Gasteiger partial charge in [-0.05, 0) is 18.9 Å². The number of carbonyl (C=O) groups is 1. The molecule has 110 valence electrons. The molecule has 0 aromatic carbocycles. The molecule has 0 heterocycles. The van der Waals surface area contributed by atoms with E-state index in [1.54, 1.807) is 20.1 Å². The number of rotatable bonds is 10. The van der Waals surface area contributed by atoms with Gasteiger partial charge in [-0.15, -0.1) is 0 Å². The first-order valence-electron chi connectivity index (χ1n) is 6.20. The Morgan fingerprint density at radius 1 is 1.40 bits per heavy atom. The van der Waals surface area contributed by atoms with Gasteiger partial charge in [0.2, 0.25) is 0 Å². The van der Waals surface area contributed by atoms with E-state index in [4.69, 9.17) is 9.47 Å². The van der Waals surface area contributed by atoms with Gasteiger partial charge >= 0.3 is 5.97 Å². The molecule has 0 aromatic heterocycles. The van der Waals surface area contributed by atoms with Gasteiger partial charge in [-0.3, -0.25) is 5.43 Å². The fourth-order valence-corrected chi connectivity index (χ4v) is 1.17. The number of hydrogen-bond donors (Lipinski definition) is 1. The van der Waals surface area contributed by atoms with Crippen LogP contribution in [0.4, 0.5) is 0 Å². The summed E-state index contributed by atoms with van der Waals surface area (Å²) in [4.78, 5) is 11.4. The summed E-state index contributed by atoms with van der Waals surface area (Å²) in [6.07, 6.45) is 6.02. The molecule has 0 unspecified atom stereocenters. The Labute approximate surface area is 120 Å². The molecule has 0 saturated heterocycles. The van der Waals surface area contributed by atoms with Crippen molar-refractivity contribution in [2.45, 2.75) is 13.3 Å². The van der Waals surface area contributed by atoms with Gasteiger partial charge in [0.1, 0.15) is 5.70 Å². The lowest BCUT2D eigenvalue weighted by Crippen LogP contribution is -2.21. The summed E-state index contributed by atoms with van der Waals surface area (Å²) >= 11 is 0. The standard InChI is InChI=1S/C15H22N2O3/c1-6-8-9-10-12(3)14(11-19-5)17-16-13(4)15(18)20-7-2/h6,8-9,16H,1,3-4,7,10-11H2,2,5H3/b9-8-,17-14+. The van der Waals surface area contributed by atoms with E-state index in [-0.39, 0.29) is 18.9 Å². The molecule has 0 aliphatic rings. The van der Waals surface area contributed by atoms with Crippen LogP contribution in [0.25, 0.3) is 0 Å². The van der Waals surface area contributed by atoms with E-state index in [1.165, 1.54) is 0 Å². The third-order valence-electron chi connectivity index (χ3n) is 2.17. The Morgan fingerprint density at radius 3 is 2.65 bits per heavy atom. The Kier molecular flexibility index (Phi) is 9.60. The minimum Gasteiger partial charge on any atom is -0.461 e. The molecule has 0 spiro atoms. The number of nitrogens with zero attached hydrogens (tertiary/aromatic N) is 1. The van der Waals surface area contributed by atoms with Crippen LogP contribution in [-0.2, 0) is 14.3 Å². The average molecular weight is 278 g/mol. The van der Waals surface area contributed by atoms with Crippen molar-refractivity contribution in [3.05, 3.63) is 49.2 Å². The fourth-order valence-electron chi connectivity index (χ4n) is 1.17. The molecule has 0 fully saturated rings. The minimum atomic E-state index is -0.537. The van der Waals surface area contributed by atoms with E-state index in [1.807, 2.05) is 12.2 Å². The SMILES string of the molecule is C=C/C=C\CC(=C)/C(COC)=N/NC(=C)C(=O)OCC. The van der Waals surface area contributed by atoms with Crippen LogP contribution < -0.4 is 5.43 Å². The number of methoxy groups -OCH3 is 1. The van der Waals surface area contributed by atoms with Crippen LogP contribution in [0.1, 0.15) is 13.3 Å². The normalized spacial score (nSPS) is 11.2. The number of carbonyl (C=O) groups excluding carboxylic acids is 1. The largest absolute Gasteiger partial charge is 0.461 e. The molecular formula is C15H22N2O3. The topological polar surface area (TPSA) is 59.9 Å². The lowest BCUT2D eigenvalue weighted by Gasteiger charge is -2.09. The Balaban J connectivity index is 4.64. The van der Waals surface area contributed by atoms with Crippen molar-refractivity contribution in [2.75, 3.05) is 20.3 Å². The van der Waals surface area contributed by atoms with Crippen molar-refractivity contribution >= 4 is 11.7 Å². The first kappa shape index (κ1) is 17.9. The van der Waals surface area contributed by atoms with Crippen molar-refractivity contribution in [2.24, 2.45) is 5.10 Å². The van der Waals surface area contributed by atoms with Crippen molar-refractivity contribution < 1.29 is 14.3 Å². The third-order valence-corrected chi connectivity index (χ3v) is 2.17. The molecule has 0 saturated carbocycles. The molecule has 5 nitrogen and oxygen atoms in total. The molecule has 0 aliphatic carbocycles. The van der Waals surface area contributed by atoms with E-state index >= 15 is 0 Å². The fraction of sp³-hybridized carbons (Fsp3) is 0.333. The van der Waals surface area contributed by atoms with Crippen molar-refractivity contribution in [3.63, 3.8) is 0 Å². The summed E-state index contributed by atoms with van der Waals surface area (Å²) in [7, 11) is 1.56. The number of allylic oxidation sites excluding steroid dienone is 3. The zero-order valence-electron chi connectivity index (χ0n) is 12.1. The summed E-state index contributed by atoms with van der Waals surface area (Å²) in [6, 6.07) is 0. The third kappa shape index (κ3) is 7.33. The summed E-state index contributed by atoms with van der Waals surface area (Å²) < 4.78 is 9.84. The zero-order valence-corrected chi connectivity index (χ0v) is 12.1. The molecule has 0 aliphatic heterocycles. The average Bonchev–Trinajstić information content (AvgIpc) is 2.43. The highest BCUT2D eigenvalue weighted by molar-refractivity contribution is 6.01. The number of hydrazone groups is 1. The van der Waals surface area contributed by atoms with Crippen LogP contribution in [0.3, 0.4) is 0 Å². The van der Waals surface area contributed by atoms with Crippen molar-refractivity contribution in [1.29, 1.82) is 0 Å².